The predicted octanol–water partition coefficient (Wildman–Crippen LogP) is 4.05. The molecule has 0 spiro atoms. The SMILES string of the molecule is C[SiH2]CCC(F)(F)C(F)(F)OC(F)(F)C(F)(F)C(F)(F)F. The molecule has 0 atom stereocenters. The first-order chi connectivity index (χ1) is 9.02. The molecule has 0 fully saturated rings. The van der Waals surface area contributed by atoms with Gasteiger partial charge in [-0.1, -0.05) is 12.6 Å². The Balaban J connectivity index is 5.33. The van der Waals surface area contributed by atoms with Crippen LogP contribution < -0.4 is 0 Å². The summed E-state index contributed by atoms with van der Waals surface area (Å²) >= 11 is 0. The zero-order valence-electron chi connectivity index (χ0n) is 10.2. The molecule has 0 radical (unpaired) electrons. The molecule has 0 unspecified atom stereocenters. The maximum atomic E-state index is 12.9. The van der Waals surface area contributed by atoms with Gasteiger partial charge in [-0.3, -0.25) is 0 Å². The first-order valence-corrected chi connectivity index (χ1v) is 7.71. The normalized spacial score (nSPS) is 16.0. The average molecular weight is 358 g/mol. The summed E-state index contributed by atoms with van der Waals surface area (Å²) in [7, 11) is -1.20. The maximum absolute atomic E-state index is 12.9. The molecule has 0 saturated carbocycles. The Hall–Kier alpha value is -0.593. The standard InChI is InChI=1S/C8H9F11OSi/c1-21-3-2-4(9,10)7(16,17)20-8(18,19)5(11,12)6(13,14)15/h2-3,21H2,1H3. The van der Waals surface area contributed by atoms with E-state index in [1.807, 2.05) is 4.74 Å². The van der Waals surface area contributed by atoms with Crippen molar-refractivity contribution in [3.8, 4) is 0 Å². The third-order valence-corrected chi connectivity index (χ3v) is 3.31. The van der Waals surface area contributed by atoms with E-state index in [0.717, 1.165) is 0 Å². The van der Waals surface area contributed by atoms with Crippen molar-refractivity contribution in [3.63, 3.8) is 0 Å². The molecule has 0 rings (SSSR count). The highest BCUT2D eigenvalue weighted by molar-refractivity contribution is 6.33. The van der Waals surface area contributed by atoms with Crippen LogP contribution in [0.25, 0.3) is 0 Å². The van der Waals surface area contributed by atoms with Crippen LogP contribution in [0.2, 0.25) is 12.6 Å². The molecule has 0 heterocycles. The minimum Gasteiger partial charge on any atom is -0.245 e. The first-order valence-electron chi connectivity index (χ1n) is 5.30. The second-order valence-electron chi connectivity index (χ2n) is 4.02. The summed E-state index contributed by atoms with van der Waals surface area (Å²) in [5, 5.41) is 0. The van der Waals surface area contributed by atoms with Gasteiger partial charge in [0.15, 0.2) is 0 Å². The highest BCUT2D eigenvalue weighted by atomic mass is 28.2. The van der Waals surface area contributed by atoms with Crippen molar-refractivity contribution in [2.75, 3.05) is 0 Å². The van der Waals surface area contributed by atoms with Gasteiger partial charge in [0.05, 0.1) is 0 Å². The minimum absolute atomic E-state index is 0.479. The van der Waals surface area contributed by atoms with E-state index in [2.05, 4.69) is 0 Å². The van der Waals surface area contributed by atoms with Crippen molar-refractivity contribution in [3.05, 3.63) is 0 Å². The maximum Gasteiger partial charge on any atom is 0.462 e. The Morgan fingerprint density at radius 3 is 1.52 bits per heavy atom. The van der Waals surface area contributed by atoms with Gasteiger partial charge in [0.2, 0.25) is 0 Å². The molecule has 21 heavy (non-hydrogen) atoms. The van der Waals surface area contributed by atoms with E-state index >= 15 is 0 Å². The van der Waals surface area contributed by atoms with Crippen LogP contribution in [0.15, 0.2) is 0 Å². The number of hydrogen-bond donors (Lipinski definition) is 0. The molecule has 0 aromatic heterocycles. The molecule has 0 amide bonds. The third kappa shape index (κ3) is 4.20. The van der Waals surface area contributed by atoms with E-state index in [1.165, 1.54) is 6.55 Å². The zero-order valence-corrected chi connectivity index (χ0v) is 11.6. The number of alkyl halides is 11. The lowest BCUT2D eigenvalue weighted by Gasteiger charge is -2.33. The van der Waals surface area contributed by atoms with Crippen LogP contribution in [0, 0.1) is 0 Å². The minimum atomic E-state index is -7.06. The van der Waals surface area contributed by atoms with Crippen LogP contribution in [0.1, 0.15) is 6.42 Å². The highest BCUT2D eigenvalue weighted by Gasteiger charge is 2.78. The molecule has 0 bridgehead atoms. The van der Waals surface area contributed by atoms with Crippen LogP contribution in [0.5, 0.6) is 0 Å². The van der Waals surface area contributed by atoms with Crippen molar-refractivity contribution < 1.29 is 53.0 Å². The fourth-order valence-electron chi connectivity index (χ4n) is 1.01. The molecule has 0 aliphatic carbocycles. The lowest BCUT2D eigenvalue weighted by atomic mass is 10.2. The quantitative estimate of drug-likeness (QED) is 0.493. The summed E-state index contributed by atoms with van der Waals surface area (Å²) in [6, 6.07) is -0.479. The highest BCUT2D eigenvalue weighted by Crippen LogP contribution is 2.51. The molecular weight excluding hydrogens is 349 g/mol. The van der Waals surface area contributed by atoms with Crippen molar-refractivity contribution in [1.29, 1.82) is 0 Å². The molecule has 0 aliphatic heterocycles. The number of halogens is 11. The summed E-state index contributed by atoms with van der Waals surface area (Å²) in [4.78, 5) is 0. The molecular formula is C8H9F11OSi. The Kier molecular flexibility index (Phi) is 5.73. The van der Waals surface area contributed by atoms with E-state index in [9.17, 15) is 48.3 Å². The summed E-state index contributed by atoms with van der Waals surface area (Å²) in [6.07, 6.45) is -21.7. The van der Waals surface area contributed by atoms with Crippen LogP contribution >= 0.6 is 0 Å². The molecule has 0 aromatic rings. The molecule has 128 valence electrons. The summed E-state index contributed by atoms with van der Waals surface area (Å²) in [6.45, 7) is 1.40. The van der Waals surface area contributed by atoms with Crippen molar-refractivity contribution >= 4 is 9.52 Å². The van der Waals surface area contributed by atoms with Crippen LogP contribution in [-0.2, 0) is 4.74 Å². The second-order valence-corrected chi connectivity index (χ2v) is 5.72. The van der Waals surface area contributed by atoms with Gasteiger partial charge in [0, 0.05) is 15.9 Å². The van der Waals surface area contributed by atoms with E-state index in [1.54, 1.807) is 0 Å². The lowest BCUT2D eigenvalue weighted by molar-refractivity contribution is -0.496. The Morgan fingerprint density at radius 1 is 0.762 bits per heavy atom. The smallest absolute Gasteiger partial charge is 0.245 e. The molecule has 0 N–H and O–H groups in total. The topological polar surface area (TPSA) is 9.23 Å². The molecule has 0 aromatic carbocycles. The van der Waals surface area contributed by atoms with Crippen LogP contribution in [-0.4, -0.2) is 39.8 Å². The van der Waals surface area contributed by atoms with Gasteiger partial charge in [0.1, 0.15) is 0 Å². The van der Waals surface area contributed by atoms with Crippen molar-refractivity contribution in [1.82, 2.24) is 0 Å². The average Bonchev–Trinajstić information content (AvgIpc) is 2.22. The monoisotopic (exact) mass is 358 g/mol. The molecule has 0 aliphatic rings. The summed E-state index contributed by atoms with van der Waals surface area (Å²) < 4.78 is 138. The van der Waals surface area contributed by atoms with Gasteiger partial charge in [-0.25, -0.2) is 4.74 Å². The number of hydrogen-bond acceptors (Lipinski definition) is 1. The van der Waals surface area contributed by atoms with Gasteiger partial charge in [-0.2, -0.15) is 48.3 Å². The Labute approximate surface area is 113 Å². The summed E-state index contributed by atoms with van der Waals surface area (Å²) in [5.41, 5.74) is 0. The van der Waals surface area contributed by atoms with E-state index < -0.39 is 52.2 Å². The van der Waals surface area contributed by atoms with E-state index in [4.69, 9.17) is 0 Å². The van der Waals surface area contributed by atoms with Gasteiger partial charge in [0.25, 0.3) is 0 Å². The van der Waals surface area contributed by atoms with Gasteiger partial charge in [-0.05, 0) is 0 Å². The van der Waals surface area contributed by atoms with Gasteiger partial charge < -0.3 is 0 Å². The Bertz CT molecular complexity index is 351. The zero-order chi connectivity index (χ0) is 17.3. The number of rotatable bonds is 7. The van der Waals surface area contributed by atoms with Crippen molar-refractivity contribution in [2.24, 2.45) is 0 Å². The van der Waals surface area contributed by atoms with Crippen molar-refractivity contribution in [2.45, 2.75) is 49.3 Å². The summed E-state index contributed by atoms with van der Waals surface area (Å²) in [5.74, 6) is -12.4. The number of ether oxygens (including phenoxy) is 1. The second kappa shape index (κ2) is 5.89. The van der Waals surface area contributed by atoms with E-state index in [-0.39, 0.29) is 0 Å². The molecule has 0 saturated heterocycles. The first kappa shape index (κ1) is 20.4. The van der Waals surface area contributed by atoms with Gasteiger partial charge >= 0.3 is 30.2 Å². The fourth-order valence-corrected chi connectivity index (χ4v) is 1.81. The molecule has 13 heteroatoms. The molecule has 1 nitrogen and oxygen atoms in total. The van der Waals surface area contributed by atoms with Crippen LogP contribution in [0.3, 0.4) is 0 Å². The largest absolute Gasteiger partial charge is 0.462 e. The fraction of sp³-hybridized carbons (Fsp3) is 1.00. The van der Waals surface area contributed by atoms with Gasteiger partial charge in [-0.15, -0.1) is 0 Å². The predicted molar refractivity (Wildman–Crippen MR) is 50.8 cm³/mol. The Morgan fingerprint density at radius 2 is 1.19 bits per heavy atom. The third-order valence-electron chi connectivity index (χ3n) is 2.25. The van der Waals surface area contributed by atoms with E-state index in [0.29, 0.717) is 0 Å². The lowest BCUT2D eigenvalue weighted by Crippen LogP contribution is -2.58. The van der Waals surface area contributed by atoms with Crippen LogP contribution in [0.4, 0.5) is 48.3 Å².